The van der Waals surface area contributed by atoms with Crippen LogP contribution in [-0.4, -0.2) is 35.8 Å². The Hall–Kier alpha value is -3.11. The average Bonchev–Trinajstić information content (AvgIpc) is 3.53. The zero-order valence-electron chi connectivity index (χ0n) is 18.1. The highest BCUT2D eigenvalue weighted by atomic mass is 19.4. The summed E-state index contributed by atoms with van der Waals surface area (Å²) in [4.78, 5) is 18.3. The molecule has 1 unspecified atom stereocenters. The highest BCUT2D eigenvalue weighted by molar-refractivity contribution is 6.02. The molecule has 0 bridgehead atoms. The molecule has 2 aromatic carbocycles. The molecule has 35 heavy (non-hydrogen) atoms. The quantitative estimate of drug-likeness (QED) is 0.506. The molecule has 0 aromatic heterocycles. The van der Waals surface area contributed by atoms with Gasteiger partial charge >= 0.3 is 12.4 Å². The number of amides is 1. The number of alkyl halides is 7. The lowest BCUT2D eigenvalue weighted by atomic mass is 9.84. The Morgan fingerprint density at radius 3 is 2.20 bits per heavy atom. The van der Waals surface area contributed by atoms with Gasteiger partial charge in [0, 0.05) is 17.9 Å². The van der Waals surface area contributed by atoms with Gasteiger partial charge in [-0.3, -0.25) is 4.79 Å². The van der Waals surface area contributed by atoms with Crippen molar-refractivity contribution in [3.8, 4) is 0 Å². The molecule has 1 saturated carbocycles. The van der Waals surface area contributed by atoms with Crippen LogP contribution in [0.4, 0.5) is 30.7 Å². The van der Waals surface area contributed by atoms with Crippen molar-refractivity contribution in [2.24, 2.45) is 11.1 Å². The molecular weight excluding hydrogens is 481 g/mol. The van der Waals surface area contributed by atoms with Crippen LogP contribution < -0.4 is 0 Å². The van der Waals surface area contributed by atoms with E-state index in [0.29, 0.717) is 12.1 Å². The molecule has 2 heterocycles. The van der Waals surface area contributed by atoms with Gasteiger partial charge in [-0.2, -0.15) is 26.3 Å². The van der Waals surface area contributed by atoms with E-state index in [-0.39, 0.29) is 41.8 Å². The van der Waals surface area contributed by atoms with Gasteiger partial charge < -0.3 is 9.74 Å². The fourth-order valence-electron chi connectivity index (χ4n) is 4.45. The van der Waals surface area contributed by atoms with Crippen molar-refractivity contribution in [3.05, 3.63) is 70.8 Å². The molecule has 1 atom stereocenters. The standard InChI is InChI=1S/C24H19F7N2O2/c25-21(12-33(13-21)20(34)15-4-5-15)16-8-6-14(7-9-16)19-11-22(35-32-19,24(29,30)31)17-2-1-3-18(10-17)23(26,27)28/h1-3,6-10,15H,4-5,11-13H2. The van der Waals surface area contributed by atoms with Crippen molar-refractivity contribution in [2.45, 2.75) is 42.9 Å². The minimum Gasteiger partial charge on any atom is -0.374 e. The van der Waals surface area contributed by atoms with Gasteiger partial charge in [-0.05, 0) is 36.1 Å². The molecule has 2 aliphatic heterocycles. The topological polar surface area (TPSA) is 41.9 Å². The Balaban J connectivity index is 1.35. The minimum atomic E-state index is -5.06. The first-order valence-corrected chi connectivity index (χ1v) is 10.9. The minimum absolute atomic E-state index is 0.0203. The van der Waals surface area contributed by atoms with Crippen LogP contribution in [0.25, 0.3) is 0 Å². The number of carbonyl (C=O) groups is 1. The van der Waals surface area contributed by atoms with Crippen LogP contribution in [0.15, 0.2) is 53.7 Å². The largest absolute Gasteiger partial charge is 0.435 e. The van der Waals surface area contributed by atoms with Gasteiger partial charge in [0.2, 0.25) is 5.91 Å². The van der Waals surface area contributed by atoms with E-state index in [0.717, 1.165) is 25.0 Å². The number of halogens is 7. The maximum atomic E-state index is 15.2. The number of hydrogen-bond donors (Lipinski definition) is 0. The number of oxime groups is 1. The van der Waals surface area contributed by atoms with Crippen LogP contribution in [0.5, 0.6) is 0 Å². The van der Waals surface area contributed by atoms with Crippen molar-refractivity contribution < 1.29 is 40.4 Å². The van der Waals surface area contributed by atoms with Gasteiger partial charge in [0.25, 0.3) is 5.60 Å². The second kappa shape index (κ2) is 7.69. The number of benzene rings is 2. The van der Waals surface area contributed by atoms with E-state index in [2.05, 4.69) is 5.16 Å². The predicted octanol–water partition coefficient (Wildman–Crippen LogP) is 5.70. The normalized spacial score (nSPS) is 24.0. The molecular formula is C24H19F7N2O2. The molecule has 4 nitrogen and oxygen atoms in total. The highest BCUT2D eigenvalue weighted by Crippen LogP contribution is 2.50. The summed E-state index contributed by atoms with van der Waals surface area (Å²) < 4.78 is 96.8. The summed E-state index contributed by atoms with van der Waals surface area (Å²) in [6.45, 7) is -0.170. The molecule has 2 fully saturated rings. The number of hydrogen-bond acceptors (Lipinski definition) is 3. The van der Waals surface area contributed by atoms with Crippen LogP contribution >= 0.6 is 0 Å². The lowest BCUT2D eigenvalue weighted by molar-refractivity contribution is -0.276. The van der Waals surface area contributed by atoms with Crippen LogP contribution in [0.3, 0.4) is 0 Å². The van der Waals surface area contributed by atoms with Crippen molar-refractivity contribution in [1.82, 2.24) is 4.90 Å². The van der Waals surface area contributed by atoms with Gasteiger partial charge in [-0.1, -0.05) is 41.6 Å². The number of likely N-dealkylation sites (tertiary alicyclic amines) is 1. The van der Waals surface area contributed by atoms with Crippen molar-refractivity contribution >= 4 is 11.6 Å². The third-order valence-electron chi connectivity index (χ3n) is 6.70. The molecule has 0 spiro atoms. The number of nitrogens with zero attached hydrogens (tertiary/aromatic N) is 2. The molecule has 2 aromatic rings. The summed E-state index contributed by atoms with van der Waals surface area (Å²) >= 11 is 0. The second-order valence-electron chi connectivity index (χ2n) is 9.22. The van der Waals surface area contributed by atoms with Crippen LogP contribution in [0.2, 0.25) is 0 Å². The van der Waals surface area contributed by atoms with Gasteiger partial charge in [-0.25, -0.2) is 4.39 Å². The summed E-state index contributed by atoms with van der Waals surface area (Å²) in [5.41, 5.74) is -6.40. The highest BCUT2D eigenvalue weighted by Gasteiger charge is 2.62. The summed E-state index contributed by atoms with van der Waals surface area (Å²) in [5, 5.41) is 3.55. The third-order valence-corrected chi connectivity index (χ3v) is 6.70. The lowest BCUT2D eigenvalue weighted by Gasteiger charge is -2.45. The summed E-state index contributed by atoms with van der Waals surface area (Å²) in [5.74, 6) is -0.0848. The van der Waals surface area contributed by atoms with E-state index in [9.17, 15) is 31.1 Å². The van der Waals surface area contributed by atoms with Gasteiger partial charge in [-0.15, -0.1) is 0 Å². The molecule has 1 amide bonds. The molecule has 3 aliphatic rings. The molecule has 0 N–H and O–H groups in total. The number of rotatable bonds is 4. The maximum absolute atomic E-state index is 15.2. The van der Waals surface area contributed by atoms with E-state index in [1.165, 1.54) is 29.2 Å². The van der Waals surface area contributed by atoms with Crippen LogP contribution in [0.1, 0.15) is 41.5 Å². The maximum Gasteiger partial charge on any atom is 0.435 e. The van der Waals surface area contributed by atoms with Gasteiger partial charge in [0.1, 0.15) is 0 Å². The SMILES string of the molecule is O=C(C1CC1)N1CC(F)(c2ccc(C3=NOC(c4cccc(C(F)(F)F)c4)(C(F)(F)F)C3)cc2)C1. The predicted molar refractivity (Wildman–Crippen MR) is 110 cm³/mol. The third kappa shape index (κ3) is 4.04. The molecule has 1 aliphatic carbocycles. The second-order valence-corrected chi connectivity index (χ2v) is 9.22. The van der Waals surface area contributed by atoms with Crippen LogP contribution in [0, 0.1) is 5.92 Å². The zero-order valence-corrected chi connectivity index (χ0v) is 18.1. The molecule has 0 radical (unpaired) electrons. The van der Waals surface area contributed by atoms with Crippen molar-refractivity contribution in [2.75, 3.05) is 13.1 Å². The first-order valence-electron chi connectivity index (χ1n) is 10.9. The Labute approximate surface area is 195 Å². The Morgan fingerprint density at radius 1 is 0.971 bits per heavy atom. The molecule has 1 saturated heterocycles. The Bertz CT molecular complexity index is 1180. The molecule has 11 heteroatoms. The average molecular weight is 500 g/mol. The lowest BCUT2D eigenvalue weighted by Crippen LogP contribution is -2.59. The zero-order chi connectivity index (χ0) is 25.2. The Kier molecular flexibility index (Phi) is 5.19. The van der Waals surface area contributed by atoms with E-state index in [1.54, 1.807) is 0 Å². The Morgan fingerprint density at radius 2 is 1.63 bits per heavy atom. The monoisotopic (exact) mass is 500 g/mol. The van der Waals surface area contributed by atoms with Crippen LogP contribution in [-0.2, 0) is 27.1 Å². The smallest absolute Gasteiger partial charge is 0.374 e. The van der Waals surface area contributed by atoms with Gasteiger partial charge in [0.15, 0.2) is 5.67 Å². The fourth-order valence-corrected chi connectivity index (χ4v) is 4.45. The van der Waals surface area contributed by atoms with E-state index in [4.69, 9.17) is 4.84 Å². The number of carbonyl (C=O) groups excluding carboxylic acids is 1. The summed E-state index contributed by atoms with van der Waals surface area (Å²) in [7, 11) is 0. The van der Waals surface area contributed by atoms with Gasteiger partial charge in [0.05, 0.1) is 24.4 Å². The molecule has 5 rings (SSSR count). The van der Waals surface area contributed by atoms with Crippen molar-refractivity contribution in [1.29, 1.82) is 0 Å². The molecule has 186 valence electrons. The van der Waals surface area contributed by atoms with Crippen molar-refractivity contribution in [3.63, 3.8) is 0 Å². The fraction of sp³-hybridized carbons (Fsp3) is 0.417. The first kappa shape index (κ1) is 23.6. The van der Waals surface area contributed by atoms with E-state index >= 15 is 4.39 Å². The van der Waals surface area contributed by atoms with E-state index < -0.39 is 41.2 Å². The first-order chi connectivity index (χ1) is 16.3. The summed E-state index contributed by atoms with van der Waals surface area (Å²) in [6.07, 6.45) is -9.11. The van der Waals surface area contributed by atoms with E-state index in [1.807, 2.05) is 0 Å². The summed E-state index contributed by atoms with van der Waals surface area (Å²) in [6, 6.07) is 8.50.